The van der Waals surface area contributed by atoms with Crippen molar-refractivity contribution in [2.75, 3.05) is 0 Å². The summed E-state index contributed by atoms with van der Waals surface area (Å²) in [5.74, 6) is 0. The summed E-state index contributed by atoms with van der Waals surface area (Å²) in [6.45, 7) is 16.0. The molecule has 0 unspecified atom stereocenters. The Kier molecular flexibility index (Phi) is 126. The van der Waals surface area contributed by atoms with Crippen molar-refractivity contribution in [1.29, 1.82) is 0 Å². The van der Waals surface area contributed by atoms with E-state index < -0.39 is 0 Å². The van der Waals surface area contributed by atoms with Crippen LogP contribution in [0.3, 0.4) is 0 Å². The molecule has 0 bridgehead atoms. The Morgan fingerprint density at radius 2 is 0.442 bits per heavy atom. The van der Waals surface area contributed by atoms with Crippen LogP contribution in [-0.2, 0) is 38.4 Å². The van der Waals surface area contributed by atoms with Gasteiger partial charge < -0.3 is 38.4 Å². The Hall–Kier alpha value is -2.64. The van der Waals surface area contributed by atoms with Gasteiger partial charge in [-0.15, -0.1) is 0 Å². The molecule has 0 radical (unpaired) electrons. The molecule has 0 fully saturated rings. The van der Waals surface area contributed by atoms with Gasteiger partial charge in [-0.2, -0.15) is 0 Å². The first-order valence-electron chi connectivity index (χ1n) is 20.8. The predicted octanol–water partition coefficient (Wildman–Crippen LogP) is 12.6. The summed E-state index contributed by atoms with van der Waals surface area (Å²) < 4.78 is 0. The first-order valence-corrected chi connectivity index (χ1v) is 20.8. The molecule has 0 saturated heterocycles. The van der Waals surface area contributed by atoms with Gasteiger partial charge in [-0.3, -0.25) is 0 Å². The van der Waals surface area contributed by atoms with Crippen LogP contribution in [-0.4, -0.2) is 50.3 Å². The van der Waals surface area contributed by atoms with Gasteiger partial charge in [0, 0.05) is 44.9 Å². The maximum atomic E-state index is 9.89. The standard InChI is InChI=1S/C9H18O.C8H16O.C7H14O.C6H12O.C5H10O.C4H8O.C3H6O.C2H4O/c1-2-3-4-5-6-7-8-9-10;1-2-3-4-5-6-7-8-9;1-2-3-4-5-6-7-8;1-2-3-4-5-6-7;1-2-3-4-5-6;1-2-3-4-5;1-2-3-4;1-2-3/h9H,2-8H2,1H3;8H,2-7H2,1H3;7H,2-6H2,1H3;6H,2-5H2,1H3;5H,2-4H2,1H3;4H,2-3H2,1H3;3H,2H2,1H3;2H,1H3. The molecule has 8 heteroatoms. The lowest BCUT2D eigenvalue weighted by Gasteiger charge is -1.95. The average Bonchev–Trinajstić information content (AvgIpc) is 3.16. The van der Waals surface area contributed by atoms with E-state index in [1.807, 2.05) is 13.8 Å². The molecule has 0 spiro atoms. The molecule has 312 valence electrons. The van der Waals surface area contributed by atoms with Gasteiger partial charge in [0.05, 0.1) is 0 Å². The summed E-state index contributed by atoms with van der Waals surface area (Å²) in [6.07, 6.45) is 37.9. The smallest absolute Gasteiger partial charge is 0.119 e. The fraction of sp³-hybridized carbons (Fsp3) is 0.818. The van der Waals surface area contributed by atoms with E-state index in [9.17, 15) is 33.6 Å². The highest BCUT2D eigenvalue weighted by molar-refractivity contribution is 5.50. The van der Waals surface area contributed by atoms with E-state index in [0.29, 0.717) is 12.8 Å². The zero-order valence-electron chi connectivity index (χ0n) is 35.7. The first-order chi connectivity index (χ1) is 25.3. The maximum Gasteiger partial charge on any atom is 0.119 e. The van der Waals surface area contributed by atoms with E-state index in [1.54, 1.807) is 0 Å². The van der Waals surface area contributed by atoms with Gasteiger partial charge in [0.1, 0.15) is 50.3 Å². The molecule has 0 aliphatic rings. The molecule has 0 saturated carbocycles. The van der Waals surface area contributed by atoms with Crippen LogP contribution in [0.2, 0.25) is 0 Å². The van der Waals surface area contributed by atoms with Crippen LogP contribution >= 0.6 is 0 Å². The minimum Gasteiger partial charge on any atom is -0.304 e. The van der Waals surface area contributed by atoms with Gasteiger partial charge in [0.15, 0.2) is 0 Å². The third-order valence-corrected chi connectivity index (χ3v) is 6.45. The van der Waals surface area contributed by atoms with Crippen LogP contribution in [0.4, 0.5) is 0 Å². The lowest BCUT2D eigenvalue weighted by atomic mass is 10.1. The number of carbonyl (C=O) groups is 8. The van der Waals surface area contributed by atoms with E-state index in [1.165, 1.54) is 96.8 Å². The second kappa shape index (κ2) is 97.5. The number of hydrogen-bond donors (Lipinski definition) is 0. The SMILES string of the molecule is CC=O.CCC=O.CCCC=O.CCCCC=O.CCCCCC=O.CCCCCCC=O.CCCCCCCC=O.CCCCCCCCC=O. The summed E-state index contributed by atoms with van der Waals surface area (Å²) in [5, 5.41) is 0. The molecular weight excluding hydrogens is 656 g/mol. The highest BCUT2D eigenvalue weighted by Crippen LogP contribution is 2.05. The van der Waals surface area contributed by atoms with Gasteiger partial charge in [-0.05, 0) is 45.4 Å². The topological polar surface area (TPSA) is 137 Å². The monoisotopic (exact) mass is 745 g/mol. The largest absolute Gasteiger partial charge is 0.304 e. The van der Waals surface area contributed by atoms with Crippen molar-refractivity contribution in [3.8, 4) is 0 Å². The normalized spacial score (nSPS) is 8.46. The molecule has 0 atom stereocenters. The van der Waals surface area contributed by atoms with Gasteiger partial charge in [-0.1, -0.05) is 145 Å². The zero-order valence-corrected chi connectivity index (χ0v) is 35.7. The second-order valence-electron chi connectivity index (χ2n) is 11.8. The van der Waals surface area contributed by atoms with Crippen molar-refractivity contribution in [3.05, 3.63) is 0 Å². The third-order valence-electron chi connectivity index (χ3n) is 6.45. The molecule has 0 rings (SSSR count). The maximum absolute atomic E-state index is 9.89. The lowest BCUT2D eigenvalue weighted by molar-refractivity contribution is -0.108. The molecule has 0 heterocycles. The average molecular weight is 745 g/mol. The molecule has 0 aromatic carbocycles. The van der Waals surface area contributed by atoms with Crippen LogP contribution in [0, 0.1) is 0 Å². The van der Waals surface area contributed by atoms with E-state index in [-0.39, 0.29) is 0 Å². The first kappa shape index (κ1) is 67.5. The van der Waals surface area contributed by atoms with E-state index in [4.69, 9.17) is 4.79 Å². The quantitative estimate of drug-likeness (QED) is 0.0570. The highest BCUT2D eigenvalue weighted by atomic mass is 16.1. The Morgan fingerprint density at radius 3 is 0.635 bits per heavy atom. The van der Waals surface area contributed by atoms with Gasteiger partial charge in [-0.25, -0.2) is 0 Å². The number of hydrogen-bond acceptors (Lipinski definition) is 8. The molecule has 0 aromatic rings. The van der Waals surface area contributed by atoms with Crippen LogP contribution in [0.1, 0.15) is 235 Å². The summed E-state index contributed by atoms with van der Waals surface area (Å²) in [6, 6.07) is 0. The van der Waals surface area contributed by atoms with Gasteiger partial charge >= 0.3 is 0 Å². The Morgan fingerprint density at radius 1 is 0.250 bits per heavy atom. The van der Waals surface area contributed by atoms with Crippen LogP contribution < -0.4 is 0 Å². The molecule has 8 nitrogen and oxygen atoms in total. The minimum absolute atomic E-state index is 0.639. The summed E-state index contributed by atoms with van der Waals surface area (Å²) in [4.78, 5) is 76.1. The second-order valence-corrected chi connectivity index (χ2v) is 11.8. The number of unbranched alkanes of at least 4 members (excludes halogenated alkanes) is 21. The van der Waals surface area contributed by atoms with Crippen molar-refractivity contribution in [2.24, 2.45) is 0 Å². The molecule has 0 aliphatic heterocycles. The van der Waals surface area contributed by atoms with Crippen LogP contribution in [0.5, 0.6) is 0 Å². The van der Waals surface area contributed by atoms with Gasteiger partial charge in [0.25, 0.3) is 0 Å². The third kappa shape index (κ3) is 158. The van der Waals surface area contributed by atoms with Crippen LogP contribution in [0.15, 0.2) is 0 Å². The Bertz CT molecular complexity index is 609. The van der Waals surface area contributed by atoms with E-state index in [0.717, 1.165) is 127 Å². The minimum atomic E-state index is 0.639. The summed E-state index contributed by atoms with van der Waals surface area (Å²) in [7, 11) is 0. The zero-order chi connectivity index (χ0) is 41.5. The summed E-state index contributed by atoms with van der Waals surface area (Å²) >= 11 is 0. The lowest BCUT2D eigenvalue weighted by Crippen LogP contribution is -1.79. The molecule has 52 heavy (non-hydrogen) atoms. The van der Waals surface area contributed by atoms with E-state index in [2.05, 4.69) is 34.6 Å². The van der Waals surface area contributed by atoms with Gasteiger partial charge in [0.2, 0.25) is 0 Å². The summed E-state index contributed by atoms with van der Waals surface area (Å²) in [5.41, 5.74) is 0. The molecule has 0 aromatic heterocycles. The number of rotatable bonds is 28. The highest BCUT2D eigenvalue weighted by Gasteiger charge is 1.88. The predicted molar refractivity (Wildman–Crippen MR) is 223 cm³/mol. The molecule has 0 aliphatic carbocycles. The number of carbonyl (C=O) groups excluding carboxylic acids is 8. The molecule has 0 N–H and O–H groups in total. The van der Waals surface area contributed by atoms with Crippen LogP contribution in [0.25, 0.3) is 0 Å². The van der Waals surface area contributed by atoms with Crippen molar-refractivity contribution in [1.82, 2.24) is 0 Å². The van der Waals surface area contributed by atoms with Crippen molar-refractivity contribution in [3.63, 3.8) is 0 Å². The van der Waals surface area contributed by atoms with Crippen molar-refractivity contribution >= 4 is 50.3 Å². The number of aldehydes is 8. The van der Waals surface area contributed by atoms with Crippen molar-refractivity contribution in [2.45, 2.75) is 235 Å². The Labute approximate surface area is 323 Å². The fourth-order valence-electron chi connectivity index (χ4n) is 3.38. The molecular formula is C44H88O8. The van der Waals surface area contributed by atoms with E-state index >= 15 is 0 Å². The van der Waals surface area contributed by atoms with Crippen molar-refractivity contribution < 1.29 is 38.4 Å². The fourth-order valence-corrected chi connectivity index (χ4v) is 3.38. The Balaban J connectivity index is -0.0000000726. The molecule has 0 amide bonds.